The fourth-order valence-corrected chi connectivity index (χ4v) is 2.81. The Morgan fingerprint density at radius 1 is 1.04 bits per heavy atom. The maximum atomic E-state index is 12.3. The van der Waals surface area contributed by atoms with E-state index in [9.17, 15) is 14.4 Å². The van der Waals surface area contributed by atoms with Crippen LogP contribution in [0.15, 0.2) is 47.1 Å². The number of hydrogen-bond donors (Lipinski definition) is 0. The molecule has 0 amide bonds. The standard InChI is InChI=1S/C18H18ClNO6/c1-24-15(21)7-11-9-20(13-6-4-5-12(19)8-13)10-14(17(22)25-2)16(11)18(23)26-3/h4-8H,9-10H2,1-3H3. The summed E-state index contributed by atoms with van der Waals surface area (Å²) in [6, 6.07) is 7.00. The molecule has 2 rings (SSSR count). The minimum absolute atomic E-state index is 0.00280. The Labute approximate surface area is 155 Å². The Bertz CT molecular complexity index is 799. The van der Waals surface area contributed by atoms with Crippen LogP contribution in [0.5, 0.6) is 0 Å². The molecule has 26 heavy (non-hydrogen) atoms. The van der Waals surface area contributed by atoms with E-state index in [1.165, 1.54) is 21.3 Å². The summed E-state index contributed by atoms with van der Waals surface area (Å²) in [7, 11) is 3.63. The first-order valence-electron chi connectivity index (χ1n) is 7.60. The molecule has 0 N–H and O–H groups in total. The van der Waals surface area contributed by atoms with Crippen LogP contribution in [0.3, 0.4) is 0 Å². The first-order valence-corrected chi connectivity index (χ1v) is 7.98. The molecule has 8 heteroatoms. The van der Waals surface area contributed by atoms with Crippen LogP contribution in [-0.2, 0) is 28.6 Å². The maximum absolute atomic E-state index is 12.3. The Balaban J connectivity index is 2.61. The molecule has 0 saturated carbocycles. The predicted octanol–water partition coefficient (Wildman–Crippen LogP) is 1.90. The number of methoxy groups -OCH3 is 3. The highest BCUT2D eigenvalue weighted by Crippen LogP contribution is 2.30. The Kier molecular flexibility index (Phi) is 6.41. The van der Waals surface area contributed by atoms with Crippen LogP contribution >= 0.6 is 11.6 Å². The summed E-state index contributed by atoms with van der Waals surface area (Å²) in [5.74, 6) is -2.07. The fourth-order valence-electron chi connectivity index (χ4n) is 2.62. The van der Waals surface area contributed by atoms with E-state index in [1.54, 1.807) is 29.2 Å². The number of benzene rings is 1. The van der Waals surface area contributed by atoms with Gasteiger partial charge in [-0.15, -0.1) is 0 Å². The number of hydrogen-bond acceptors (Lipinski definition) is 7. The zero-order valence-electron chi connectivity index (χ0n) is 14.6. The highest BCUT2D eigenvalue weighted by molar-refractivity contribution is 6.30. The van der Waals surface area contributed by atoms with Crippen molar-refractivity contribution < 1.29 is 28.6 Å². The van der Waals surface area contributed by atoms with Crippen molar-refractivity contribution in [3.8, 4) is 0 Å². The van der Waals surface area contributed by atoms with E-state index in [1.807, 2.05) is 0 Å². The molecular formula is C18H18ClNO6. The van der Waals surface area contributed by atoms with E-state index in [4.69, 9.17) is 21.1 Å². The van der Waals surface area contributed by atoms with E-state index in [-0.39, 0.29) is 29.8 Å². The number of rotatable bonds is 4. The molecule has 0 aromatic heterocycles. The highest BCUT2D eigenvalue weighted by Gasteiger charge is 2.33. The van der Waals surface area contributed by atoms with Gasteiger partial charge < -0.3 is 19.1 Å². The SMILES string of the molecule is COC(=O)C=C1CN(c2cccc(Cl)c2)CC(C(=O)OC)=C1C(=O)OC. The van der Waals surface area contributed by atoms with Gasteiger partial charge in [0, 0.05) is 23.3 Å². The first kappa shape index (κ1) is 19.5. The zero-order valence-corrected chi connectivity index (χ0v) is 15.3. The third-order valence-corrected chi connectivity index (χ3v) is 4.06. The van der Waals surface area contributed by atoms with Crippen LogP contribution in [0.25, 0.3) is 0 Å². The molecule has 0 atom stereocenters. The molecule has 0 saturated heterocycles. The van der Waals surface area contributed by atoms with Crippen LogP contribution in [0, 0.1) is 0 Å². The second-order valence-corrected chi connectivity index (χ2v) is 5.80. The van der Waals surface area contributed by atoms with Crippen LogP contribution in [0.4, 0.5) is 5.69 Å². The summed E-state index contributed by atoms with van der Waals surface area (Å²) in [4.78, 5) is 38.1. The summed E-state index contributed by atoms with van der Waals surface area (Å²) < 4.78 is 14.2. The molecule has 0 fully saturated rings. The lowest BCUT2D eigenvalue weighted by atomic mass is 9.93. The lowest BCUT2D eigenvalue weighted by molar-refractivity contribution is -0.139. The van der Waals surface area contributed by atoms with E-state index >= 15 is 0 Å². The number of esters is 3. The number of ether oxygens (including phenoxy) is 3. The molecule has 0 bridgehead atoms. The van der Waals surface area contributed by atoms with Crippen LogP contribution in [-0.4, -0.2) is 52.3 Å². The van der Waals surface area contributed by atoms with Crippen molar-refractivity contribution in [2.75, 3.05) is 39.3 Å². The molecule has 7 nitrogen and oxygen atoms in total. The average Bonchev–Trinajstić information content (AvgIpc) is 2.65. The van der Waals surface area contributed by atoms with E-state index in [2.05, 4.69) is 4.74 Å². The number of anilines is 1. The predicted molar refractivity (Wildman–Crippen MR) is 94.8 cm³/mol. The third kappa shape index (κ3) is 4.23. The average molecular weight is 380 g/mol. The van der Waals surface area contributed by atoms with Crippen molar-refractivity contribution in [2.45, 2.75) is 0 Å². The highest BCUT2D eigenvalue weighted by atomic mass is 35.5. The zero-order chi connectivity index (χ0) is 19.3. The van der Waals surface area contributed by atoms with Gasteiger partial charge >= 0.3 is 17.9 Å². The topological polar surface area (TPSA) is 82.1 Å². The fraction of sp³-hybridized carbons (Fsp3) is 0.278. The maximum Gasteiger partial charge on any atom is 0.338 e. The molecule has 0 radical (unpaired) electrons. The Morgan fingerprint density at radius 3 is 2.31 bits per heavy atom. The normalized spacial score (nSPS) is 15.7. The molecule has 1 aliphatic heterocycles. The van der Waals surface area contributed by atoms with E-state index < -0.39 is 17.9 Å². The summed E-state index contributed by atoms with van der Waals surface area (Å²) in [5.41, 5.74) is 1.10. The van der Waals surface area contributed by atoms with Gasteiger partial charge in [0.25, 0.3) is 0 Å². The number of nitrogens with zero attached hydrogens (tertiary/aromatic N) is 1. The van der Waals surface area contributed by atoms with Gasteiger partial charge in [0.15, 0.2) is 0 Å². The van der Waals surface area contributed by atoms with Crippen LogP contribution in [0.1, 0.15) is 0 Å². The van der Waals surface area contributed by atoms with Gasteiger partial charge in [-0.3, -0.25) is 0 Å². The van der Waals surface area contributed by atoms with Gasteiger partial charge in [-0.2, -0.15) is 0 Å². The van der Waals surface area contributed by atoms with Gasteiger partial charge in [-0.1, -0.05) is 17.7 Å². The number of carbonyl (C=O) groups excluding carboxylic acids is 3. The van der Waals surface area contributed by atoms with Crippen molar-refractivity contribution in [3.05, 3.63) is 52.1 Å². The molecule has 0 spiro atoms. The van der Waals surface area contributed by atoms with E-state index in [0.29, 0.717) is 5.02 Å². The second-order valence-electron chi connectivity index (χ2n) is 5.37. The summed E-state index contributed by atoms with van der Waals surface area (Å²) in [6.07, 6.45) is 1.16. The van der Waals surface area contributed by atoms with Crippen LogP contribution < -0.4 is 4.90 Å². The molecule has 1 aliphatic rings. The largest absolute Gasteiger partial charge is 0.466 e. The third-order valence-electron chi connectivity index (χ3n) is 3.82. The Hall–Kier alpha value is -2.80. The number of halogens is 1. The molecule has 1 aromatic rings. The molecule has 0 unspecified atom stereocenters. The quantitative estimate of drug-likeness (QED) is 0.449. The molecule has 138 valence electrons. The molecule has 1 aromatic carbocycles. The number of carbonyl (C=O) groups is 3. The minimum Gasteiger partial charge on any atom is -0.466 e. The van der Waals surface area contributed by atoms with Crippen molar-refractivity contribution >= 4 is 35.2 Å². The lowest BCUT2D eigenvalue weighted by Crippen LogP contribution is -2.38. The smallest absolute Gasteiger partial charge is 0.338 e. The van der Waals surface area contributed by atoms with Crippen molar-refractivity contribution in [1.82, 2.24) is 0 Å². The summed E-state index contributed by atoms with van der Waals surface area (Å²) in [5, 5.41) is 0.517. The second kappa shape index (κ2) is 8.53. The monoisotopic (exact) mass is 379 g/mol. The molecule has 1 heterocycles. The Morgan fingerprint density at radius 2 is 1.73 bits per heavy atom. The van der Waals surface area contributed by atoms with Gasteiger partial charge in [-0.25, -0.2) is 14.4 Å². The lowest BCUT2D eigenvalue weighted by Gasteiger charge is -2.32. The van der Waals surface area contributed by atoms with Gasteiger partial charge in [0.1, 0.15) is 0 Å². The van der Waals surface area contributed by atoms with E-state index in [0.717, 1.165) is 11.8 Å². The minimum atomic E-state index is -0.730. The van der Waals surface area contributed by atoms with Crippen molar-refractivity contribution in [1.29, 1.82) is 0 Å². The van der Waals surface area contributed by atoms with Crippen molar-refractivity contribution in [3.63, 3.8) is 0 Å². The summed E-state index contributed by atoms with van der Waals surface area (Å²) in [6.45, 7) is 0.274. The summed E-state index contributed by atoms with van der Waals surface area (Å²) >= 11 is 6.04. The molecule has 0 aliphatic carbocycles. The van der Waals surface area contributed by atoms with Gasteiger partial charge in [-0.05, 0) is 23.8 Å². The van der Waals surface area contributed by atoms with Gasteiger partial charge in [0.2, 0.25) is 0 Å². The van der Waals surface area contributed by atoms with Crippen molar-refractivity contribution in [2.24, 2.45) is 0 Å². The molecular weight excluding hydrogens is 362 g/mol. The van der Waals surface area contributed by atoms with Gasteiger partial charge in [0.05, 0.1) is 39.0 Å². The van der Waals surface area contributed by atoms with Crippen LogP contribution in [0.2, 0.25) is 5.02 Å². The first-order chi connectivity index (χ1) is 12.4.